The maximum atomic E-state index is 12.1. The average molecular weight is 365 g/mol. The number of fused-ring (bicyclic) bond motifs is 1. The Balaban J connectivity index is 1.70. The number of pyridine rings is 1. The van der Waals surface area contributed by atoms with Gasteiger partial charge in [-0.1, -0.05) is 0 Å². The van der Waals surface area contributed by atoms with Crippen LogP contribution >= 0.6 is 0 Å². The van der Waals surface area contributed by atoms with Gasteiger partial charge < -0.3 is 13.9 Å². The van der Waals surface area contributed by atoms with Crippen LogP contribution in [0.5, 0.6) is 11.6 Å². The Morgan fingerprint density at radius 2 is 1.88 bits per heavy atom. The van der Waals surface area contributed by atoms with E-state index >= 15 is 0 Å². The molecular weight excluding hydrogens is 355 g/mol. The van der Waals surface area contributed by atoms with E-state index in [-0.39, 0.29) is 22.8 Å². The molecule has 0 saturated heterocycles. The van der Waals surface area contributed by atoms with Crippen LogP contribution < -0.4 is 15.1 Å². The smallest absolute Gasteiger partial charge is 0.422 e. The summed E-state index contributed by atoms with van der Waals surface area (Å²) in [4.78, 5) is 26.9. The number of carbonyl (C=O) groups is 1. The molecule has 0 unspecified atom stereocenters. The molecule has 0 spiro atoms. The van der Waals surface area contributed by atoms with Crippen LogP contribution in [0.2, 0.25) is 0 Å². The number of rotatable bonds is 4. The fraction of sp³-hybridized carbons (Fsp3) is 0.118. The lowest BCUT2D eigenvalue weighted by molar-refractivity contribution is -0.154. The van der Waals surface area contributed by atoms with E-state index in [1.165, 1.54) is 24.3 Å². The molecule has 6 nitrogen and oxygen atoms in total. The van der Waals surface area contributed by atoms with Crippen molar-refractivity contribution in [3.8, 4) is 11.6 Å². The zero-order valence-corrected chi connectivity index (χ0v) is 12.9. The van der Waals surface area contributed by atoms with Crippen LogP contribution in [0.4, 0.5) is 13.2 Å². The number of alkyl halides is 3. The molecule has 0 fully saturated rings. The second-order valence-corrected chi connectivity index (χ2v) is 5.13. The van der Waals surface area contributed by atoms with Gasteiger partial charge in [0, 0.05) is 29.8 Å². The summed E-state index contributed by atoms with van der Waals surface area (Å²) in [5.41, 5.74) is -0.282. The highest BCUT2D eigenvalue weighted by molar-refractivity contribution is 5.91. The van der Waals surface area contributed by atoms with Crippen molar-refractivity contribution in [3.05, 3.63) is 64.6 Å². The normalized spacial score (nSPS) is 11.3. The molecule has 3 aromatic rings. The second kappa shape index (κ2) is 6.87. The van der Waals surface area contributed by atoms with Crippen molar-refractivity contribution >= 4 is 16.9 Å². The van der Waals surface area contributed by atoms with E-state index in [1.54, 1.807) is 12.1 Å². The molecule has 2 heterocycles. The molecule has 0 aliphatic rings. The predicted octanol–water partition coefficient (Wildman–Crippen LogP) is 3.35. The van der Waals surface area contributed by atoms with Crippen molar-refractivity contribution < 1.29 is 31.9 Å². The molecule has 0 saturated carbocycles. The van der Waals surface area contributed by atoms with Gasteiger partial charge >= 0.3 is 17.8 Å². The third kappa shape index (κ3) is 4.38. The maximum Gasteiger partial charge on any atom is 0.422 e. The molecule has 2 aromatic heterocycles. The highest BCUT2D eigenvalue weighted by Gasteiger charge is 2.28. The first-order valence-electron chi connectivity index (χ1n) is 7.22. The van der Waals surface area contributed by atoms with Crippen LogP contribution in [0.1, 0.15) is 10.4 Å². The average Bonchev–Trinajstić information content (AvgIpc) is 2.59. The van der Waals surface area contributed by atoms with Gasteiger partial charge in [-0.15, -0.1) is 0 Å². The third-order valence-corrected chi connectivity index (χ3v) is 3.16. The summed E-state index contributed by atoms with van der Waals surface area (Å²) >= 11 is 0. The lowest BCUT2D eigenvalue weighted by atomic mass is 10.2. The fourth-order valence-electron chi connectivity index (χ4n) is 2.01. The fourth-order valence-corrected chi connectivity index (χ4v) is 2.01. The summed E-state index contributed by atoms with van der Waals surface area (Å²) in [6.45, 7) is -1.48. The van der Waals surface area contributed by atoms with Gasteiger partial charge in [0.25, 0.3) is 0 Å². The van der Waals surface area contributed by atoms with Gasteiger partial charge in [0.1, 0.15) is 11.3 Å². The molecule has 0 aliphatic carbocycles. The number of benzene rings is 1. The van der Waals surface area contributed by atoms with E-state index in [1.807, 2.05) is 0 Å². The lowest BCUT2D eigenvalue weighted by Gasteiger charge is -2.08. The summed E-state index contributed by atoms with van der Waals surface area (Å²) in [5.74, 6) is -0.918. The van der Waals surface area contributed by atoms with Crippen LogP contribution in [-0.2, 0) is 0 Å². The Morgan fingerprint density at radius 1 is 1.12 bits per heavy atom. The summed E-state index contributed by atoms with van der Waals surface area (Å²) in [6, 6.07) is 9.67. The van der Waals surface area contributed by atoms with Crippen LogP contribution in [0.25, 0.3) is 11.0 Å². The second-order valence-electron chi connectivity index (χ2n) is 5.13. The first-order chi connectivity index (χ1) is 12.3. The van der Waals surface area contributed by atoms with Crippen LogP contribution in [0, 0.1) is 0 Å². The molecule has 1 aromatic carbocycles. The van der Waals surface area contributed by atoms with Crippen molar-refractivity contribution in [2.24, 2.45) is 0 Å². The van der Waals surface area contributed by atoms with Gasteiger partial charge in [0.05, 0.1) is 5.56 Å². The van der Waals surface area contributed by atoms with Crippen molar-refractivity contribution in [1.29, 1.82) is 0 Å². The molecule has 0 N–H and O–H groups in total. The Bertz CT molecular complexity index is 996. The molecule has 0 radical (unpaired) electrons. The Kier molecular flexibility index (Phi) is 4.61. The summed E-state index contributed by atoms with van der Waals surface area (Å²) in [6.07, 6.45) is -3.44. The van der Waals surface area contributed by atoms with Crippen molar-refractivity contribution in [1.82, 2.24) is 4.98 Å². The lowest BCUT2D eigenvalue weighted by Crippen LogP contribution is -2.19. The largest absolute Gasteiger partial charge is 0.468 e. The number of aromatic nitrogens is 1. The van der Waals surface area contributed by atoms with E-state index in [4.69, 9.17) is 9.15 Å². The number of carbonyl (C=O) groups excluding carboxylic acids is 1. The molecule has 0 aliphatic heterocycles. The Morgan fingerprint density at radius 3 is 2.58 bits per heavy atom. The predicted molar refractivity (Wildman–Crippen MR) is 83.2 cm³/mol. The number of hydrogen-bond acceptors (Lipinski definition) is 6. The maximum absolute atomic E-state index is 12.1. The van der Waals surface area contributed by atoms with Gasteiger partial charge in [-0.25, -0.2) is 14.6 Å². The van der Waals surface area contributed by atoms with Crippen LogP contribution in [0.15, 0.2) is 57.9 Å². The van der Waals surface area contributed by atoms with Crippen molar-refractivity contribution in [3.63, 3.8) is 0 Å². The Hall–Kier alpha value is -3.36. The van der Waals surface area contributed by atoms with Gasteiger partial charge in [-0.05, 0) is 24.3 Å². The van der Waals surface area contributed by atoms with Gasteiger partial charge in [0.2, 0.25) is 5.88 Å². The minimum atomic E-state index is -4.48. The monoisotopic (exact) mass is 365 g/mol. The number of esters is 1. The highest BCUT2D eigenvalue weighted by Crippen LogP contribution is 2.21. The summed E-state index contributed by atoms with van der Waals surface area (Å²) in [7, 11) is 0. The van der Waals surface area contributed by atoms with Crippen molar-refractivity contribution in [2.75, 3.05) is 6.61 Å². The van der Waals surface area contributed by atoms with E-state index < -0.39 is 24.4 Å². The van der Waals surface area contributed by atoms with Gasteiger partial charge in [0.15, 0.2) is 6.61 Å². The van der Waals surface area contributed by atoms with E-state index in [2.05, 4.69) is 9.72 Å². The number of nitrogens with zero attached hydrogens (tertiary/aromatic N) is 1. The topological polar surface area (TPSA) is 78.6 Å². The molecule has 0 atom stereocenters. The number of ether oxygens (including phenoxy) is 2. The standard InChI is InChI=1S/C17H10F3NO5/c18-17(19,20)9-24-14-5-2-11(8-21-14)16(23)25-12-4-1-10-3-6-15(22)26-13(10)7-12/h1-8H,9H2. The molecule has 134 valence electrons. The first-order valence-corrected chi connectivity index (χ1v) is 7.22. The van der Waals surface area contributed by atoms with E-state index in [9.17, 15) is 22.8 Å². The minimum Gasteiger partial charge on any atom is -0.468 e. The molecule has 26 heavy (non-hydrogen) atoms. The summed E-state index contributed by atoms with van der Waals surface area (Å²) in [5, 5.41) is 0.650. The number of halogens is 3. The van der Waals surface area contributed by atoms with E-state index in [0.29, 0.717) is 5.39 Å². The Labute approximate surface area is 143 Å². The SMILES string of the molecule is O=C(Oc1ccc2ccc(=O)oc2c1)c1ccc(OCC(F)(F)F)nc1. The van der Waals surface area contributed by atoms with Crippen LogP contribution in [0.3, 0.4) is 0 Å². The highest BCUT2D eigenvalue weighted by atomic mass is 19.4. The van der Waals surface area contributed by atoms with Crippen LogP contribution in [-0.4, -0.2) is 23.7 Å². The quantitative estimate of drug-likeness (QED) is 0.401. The molecule has 0 bridgehead atoms. The third-order valence-electron chi connectivity index (χ3n) is 3.16. The molecule has 9 heteroatoms. The van der Waals surface area contributed by atoms with Crippen molar-refractivity contribution in [2.45, 2.75) is 6.18 Å². The number of hydrogen-bond donors (Lipinski definition) is 0. The minimum absolute atomic E-state index is 0.0129. The van der Waals surface area contributed by atoms with E-state index in [0.717, 1.165) is 12.3 Å². The zero-order valence-electron chi connectivity index (χ0n) is 12.9. The van der Waals surface area contributed by atoms with Gasteiger partial charge in [-0.2, -0.15) is 13.2 Å². The summed E-state index contributed by atoms with van der Waals surface area (Å²) < 4.78 is 50.8. The molecule has 3 rings (SSSR count). The molecular formula is C17H10F3NO5. The first kappa shape index (κ1) is 17.5. The molecule has 0 amide bonds. The van der Waals surface area contributed by atoms with Gasteiger partial charge in [-0.3, -0.25) is 0 Å². The zero-order chi connectivity index (χ0) is 18.7.